The average molecular weight is 474 g/mol. The Labute approximate surface area is 207 Å². The van der Waals surface area contributed by atoms with Crippen LogP contribution in [0.4, 0.5) is 5.69 Å². The van der Waals surface area contributed by atoms with Gasteiger partial charge in [0.25, 0.3) is 0 Å². The molecule has 0 aliphatic carbocycles. The van der Waals surface area contributed by atoms with E-state index in [4.69, 9.17) is 5.73 Å². The van der Waals surface area contributed by atoms with Gasteiger partial charge in [-0.05, 0) is 122 Å². The predicted octanol–water partition coefficient (Wildman–Crippen LogP) is 4.47. The van der Waals surface area contributed by atoms with Crippen LogP contribution >= 0.6 is 0 Å². The quantitative estimate of drug-likeness (QED) is 0.363. The molecule has 6 heteroatoms. The van der Waals surface area contributed by atoms with Gasteiger partial charge in [0.05, 0.1) is 12.1 Å². The highest BCUT2D eigenvalue weighted by Crippen LogP contribution is 2.32. The first-order valence-electron chi connectivity index (χ1n) is 12.1. The number of aromatic hydroxyl groups is 2. The molecule has 0 aromatic heterocycles. The number of nitrogens with one attached hydrogen (secondary N) is 2. The number of benzene rings is 3. The van der Waals surface area contributed by atoms with Gasteiger partial charge in [0, 0.05) is 12.2 Å². The fourth-order valence-electron chi connectivity index (χ4n) is 5.17. The van der Waals surface area contributed by atoms with Crippen LogP contribution in [0.1, 0.15) is 57.0 Å². The zero-order valence-corrected chi connectivity index (χ0v) is 20.9. The summed E-state index contributed by atoms with van der Waals surface area (Å²) in [5, 5.41) is 26.3. The van der Waals surface area contributed by atoms with Crippen molar-refractivity contribution < 1.29 is 15.0 Å². The Bertz CT molecular complexity index is 1220. The second-order valence-electron chi connectivity index (χ2n) is 9.80. The van der Waals surface area contributed by atoms with Crippen LogP contribution in [-0.4, -0.2) is 28.7 Å². The van der Waals surface area contributed by atoms with Crippen molar-refractivity contribution in [3.05, 3.63) is 87.0 Å². The topological polar surface area (TPSA) is 108 Å². The van der Waals surface area contributed by atoms with Gasteiger partial charge in [-0.3, -0.25) is 4.79 Å². The van der Waals surface area contributed by atoms with Crippen molar-refractivity contribution in [2.45, 2.75) is 59.0 Å². The molecule has 1 heterocycles. The van der Waals surface area contributed by atoms with Crippen molar-refractivity contribution in [3.8, 4) is 11.5 Å². The van der Waals surface area contributed by atoms with Crippen LogP contribution < -0.4 is 16.4 Å². The smallest absolute Gasteiger partial charge is 0.237 e. The van der Waals surface area contributed by atoms with Gasteiger partial charge in [0.15, 0.2) is 0 Å². The molecule has 0 saturated heterocycles. The number of nitrogens with two attached hydrogens (primary N) is 1. The molecule has 1 aliphatic rings. The van der Waals surface area contributed by atoms with E-state index in [0.29, 0.717) is 6.42 Å². The molecule has 35 heavy (non-hydrogen) atoms. The molecule has 6 N–H and O–H groups in total. The highest BCUT2D eigenvalue weighted by atomic mass is 16.3. The van der Waals surface area contributed by atoms with Gasteiger partial charge < -0.3 is 26.6 Å². The Balaban J connectivity index is 1.51. The molecule has 3 aromatic carbocycles. The van der Waals surface area contributed by atoms with Crippen LogP contribution in [0, 0.1) is 27.7 Å². The van der Waals surface area contributed by atoms with Crippen LogP contribution in [-0.2, 0) is 17.6 Å². The van der Waals surface area contributed by atoms with E-state index in [1.165, 1.54) is 5.56 Å². The molecule has 184 valence electrons. The lowest BCUT2D eigenvalue weighted by Gasteiger charge is -2.29. The van der Waals surface area contributed by atoms with Gasteiger partial charge >= 0.3 is 0 Å². The van der Waals surface area contributed by atoms with Gasteiger partial charge in [-0.2, -0.15) is 0 Å². The fraction of sp³-hybridized carbons (Fsp3) is 0.345. The molecule has 6 nitrogen and oxygen atoms in total. The van der Waals surface area contributed by atoms with Gasteiger partial charge in [-0.1, -0.05) is 12.1 Å². The molecule has 1 amide bonds. The zero-order valence-electron chi connectivity index (χ0n) is 20.9. The second kappa shape index (κ2) is 10.0. The lowest BCUT2D eigenvalue weighted by molar-refractivity contribution is -0.123. The van der Waals surface area contributed by atoms with E-state index in [2.05, 4.69) is 28.8 Å². The molecular formula is C29H35N3O3. The van der Waals surface area contributed by atoms with Crippen molar-refractivity contribution in [3.63, 3.8) is 0 Å². The SMILES string of the molecule is Cc1cc(O)cc(C)c1Cc1ccc2c(c1)C(NC(=O)C(N)Cc1c(C)cc(O)cc1C)CCN2. The second-order valence-corrected chi connectivity index (χ2v) is 9.80. The van der Waals surface area contributed by atoms with Crippen molar-refractivity contribution in [1.29, 1.82) is 0 Å². The molecule has 0 fully saturated rings. The number of fused-ring (bicyclic) bond motifs is 1. The van der Waals surface area contributed by atoms with Crippen LogP contribution in [0.3, 0.4) is 0 Å². The van der Waals surface area contributed by atoms with E-state index in [0.717, 1.165) is 64.0 Å². The average Bonchev–Trinajstić information content (AvgIpc) is 2.78. The summed E-state index contributed by atoms with van der Waals surface area (Å²) in [6.07, 6.45) is 1.95. The van der Waals surface area contributed by atoms with Gasteiger partial charge in [-0.25, -0.2) is 0 Å². The highest BCUT2D eigenvalue weighted by Gasteiger charge is 2.25. The number of rotatable bonds is 6. The van der Waals surface area contributed by atoms with E-state index in [9.17, 15) is 15.0 Å². The molecule has 1 aliphatic heterocycles. The third kappa shape index (κ3) is 5.43. The Morgan fingerprint density at radius 3 is 2.14 bits per heavy atom. The maximum absolute atomic E-state index is 13.1. The van der Waals surface area contributed by atoms with E-state index in [1.54, 1.807) is 24.3 Å². The lowest BCUT2D eigenvalue weighted by atomic mass is 9.91. The first kappa shape index (κ1) is 24.6. The zero-order chi connectivity index (χ0) is 25.3. The minimum atomic E-state index is -0.680. The predicted molar refractivity (Wildman–Crippen MR) is 140 cm³/mol. The number of aryl methyl sites for hydroxylation is 4. The first-order chi connectivity index (χ1) is 16.6. The standard InChI is InChI=1S/C29H35N3O3/c1-16-9-21(33)10-17(2)23(16)13-20-5-6-27-25(14-20)28(7-8-31-27)32-29(35)26(30)15-24-18(3)11-22(34)12-19(24)4/h5-6,9-12,14,26,28,31,33-34H,7-8,13,15,30H2,1-4H3,(H,32,35). The number of anilines is 1. The maximum atomic E-state index is 13.1. The molecule has 0 bridgehead atoms. The van der Waals surface area contributed by atoms with Crippen LogP contribution in [0.2, 0.25) is 0 Å². The van der Waals surface area contributed by atoms with Crippen LogP contribution in [0.25, 0.3) is 0 Å². The summed E-state index contributed by atoms with van der Waals surface area (Å²) in [4.78, 5) is 13.1. The minimum absolute atomic E-state index is 0.117. The Kier molecular flexibility index (Phi) is 7.03. The number of amides is 1. The van der Waals surface area contributed by atoms with E-state index >= 15 is 0 Å². The molecule has 2 atom stereocenters. The highest BCUT2D eigenvalue weighted by molar-refractivity contribution is 5.82. The fourth-order valence-corrected chi connectivity index (χ4v) is 5.17. The number of carbonyl (C=O) groups excluding carboxylic acids is 1. The molecule has 0 saturated carbocycles. The van der Waals surface area contributed by atoms with Crippen molar-refractivity contribution in [2.75, 3.05) is 11.9 Å². The van der Waals surface area contributed by atoms with Crippen molar-refractivity contribution in [1.82, 2.24) is 5.32 Å². The summed E-state index contributed by atoms with van der Waals surface area (Å²) < 4.78 is 0. The third-order valence-electron chi connectivity index (χ3n) is 7.06. The normalized spacial score (nSPS) is 15.7. The summed E-state index contributed by atoms with van der Waals surface area (Å²) >= 11 is 0. The summed E-state index contributed by atoms with van der Waals surface area (Å²) in [5.41, 5.74) is 15.8. The third-order valence-corrected chi connectivity index (χ3v) is 7.06. The largest absolute Gasteiger partial charge is 0.508 e. The maximum Gasteiger partial charge on any atom is 0.237 e. The van der Waals surface area contributed by atoms with Crippen molar-refractivity contribution >= 4 is 11.6 Å². The van der Waals surface area contributed by atoms with Crippen molar-refractivity contribution in [2.24, 2.45) is 5.73 Å². The summed E-state index contributed by atoms with van der Waals surface area (Å²) in [6.45, 7) is 8.66. The summed E-state index contributed by atoms with van der Waals surface area (Å²) in [5.74, 6) is 0.335. The monoisotopic (exact) mass is 473 g/mol. The number of hydrogen-bond acceptors (Lipinski definition) is 5. The number of hydrogen-bond donors (Lipinski definition) is 5. The molecule has 3 aromatic rings. The van der Waals surface area contributed by atoms with Gasteiger partial charge in [0.1, 0.15) is 11.5 Å². The summed E-state index contributed by atoms with van der Waals surface area (Å²) in [7, 11) is 0. The van der Waals surface area contributed by atoms with Gasteiger partial charge in [0.2, 0.25) is 5.91 Å². The summed E-state index contributed by atoms with van der Waals surface area (Å²) in [6, 6.07) is 12.6. The minimum Gasteiger partial charge on any atom is -0.508 e. The number of carbonyl (C=O) groups is 1. The molecular weight excluding hydrogens is 438 g/mol. The van der Waals surface area contributed by atoms with Gasteiger partial charge in [-0.15, -0.1) is 0 Å². The van der Waals surface area contributed by atoms with E-state index < -0.39 is 6.04 Å². The van der Waals surface area contributed by atoms with E-state index in [-0.39, 0.29) is 23.4 Å². The molecule has 0 spiro atoms. The lowest BCUT2D eigenvalue weighted by Crippen LogP contribution is -2.44. The molecule has 2 unspecified atom stereocenters. The Morgan fingerprint density at radius 2 is 1.54 bits per heavy atom. The van der Waals surface area contributed by atoms with E-state index in [1.807, 2.05) is 27.7 Å². The first-order valence-corrected chi connectivity index (χ1v) is 12.1. The Morgan fingerprint density at radius 1 is 0.971 bits per heavy atom. The van der Waals surface area contributed by atoms with Crippen LogP contribution in [0.15, 0.2) is 42.5 Å². The van der Waals surface area contributed by atoms with Crippen LogP contribution in [0.5, 0.6) is 11.5 Å². The Hall–Kier alpha value is -3.51. The number of phenols is 2. The molecule has 0 radical (unpaired) electrons. The molecule has 4 rings (SSSR count). The number of phenolic OH excluding ortho intramolecular Hbond substituents is 2.